The van der Waals surface area contributed by atoms with Gasteiger partial charge in [0.05, 0.1) is 0 Å². The smallest absolute Gasteiger partial charge is 0.306 e. The summed E-state index contributed by atoms with van der Waals surface area (Å²) in [7, 11) is 0. The Morgan fingerprint density at radius 3 is 0.753 bits per heavy atom. The average molecular weight is 1130 g/mol. The van der Waals surface area contributed by atoms with E-state index in [9.17, 15) is 14.4 Å². The first-order chi connectivity index (χ1) is 40.0. The molecule has 0 aromatic rings. The van der Waals surface area contributed by atoms with Crippen LogP contribution in [-0.4, -0.2) is 37.2 Å². The zero-order chi connectivity index (χ0) is 58.5. The van der Waals surface area contributed by atoms with Crippen molar-refractivity contribution in [1.29, 1.82) is 0 Å². The van der Waals surface area contributed by atoms with Crippen molar-refractivity contribution in [2.75, 3.05) is 13.2 Å². The van der Waals surface area contributed by atoms with Crippen LogP contribution < -0.4 is 0 Å². The zero-order valence-corrected chi connectivity index (χ0v) is 53.5. The summed E-state index contributed by atoms with van der Waals surface area (Å²) in [6.07, 6.45) is 93.2. The van der Waals surface area contributed by atoms with E-state index in [0.29, 0.717) is 19.3 Å². The molecule has 0 rings (SSSR count). The van der Waals surface area contributed by atoms with E-state index >= 15 is 0 Å². The first-order valence-corrected chi connectivity index (χ1v) is 34.7. The molecule has 81 heavy (non-hydrogen) atoms. The van der Waals surface area contributed by atoms with Crippen LogP contribution in [0.5, 0.6) is 0 Å². The topological polar surface area (TPSA) is 78.9 Å². The van der Waals surface area contributed by atoms with Gasteiger partial charge in [-0.1, -0.05) is 323 Å². The summed E-state index contributed by atoms with van der Waals surface area (Å²) in [5.41, 5.74) is 0. The van der Waals surface area contributed by atoms with Crippen LogP contribution in [0.1, 0.15) is 342 Å². The minimum Gasteiger partial charge on any atom is -0.462 e. The van der Waals surface area contributed by atoms with Crippen molar-refractivity contribution in [2.45, 2.75) is 348 Å². The van der Waals surface area contributed by atoms with Crippen molar-refractivity contribution in [2.24, 2.45) is 0 Å². The molecule has 0 saturated carbocycles. The van der Waals surface area contributed by atoms with Crippen molar-refractivity contribution in [3.8, 4) is 0 Å². The van der Waals surface area contributed by atoms with Crippen molar-refractivity contribution in [3.05, 3.63) is 97.2 Å². The number of hydrogen-bond acceptors (Lipinski definition) is 6. The van der Waals surface area contributed by atoms with Gasteiger partial charge in [0, 0.05) is 19.3 Å². The molecule has 0 aromatic carbocycles. The molecule has 0 saturated heterocycles. The Morgan fingerprint density at radius 2 is 0.481 bits per heavy atom. The summed E-state index contributed by atoms with van der Waals surface area (Å²) < 4.78 is 16.9. The van der Waals surface area contributed by atoms with Gasteiger partial charge in [0.2, 0.25) is 0 Å². The Kier molecular flexibility index (Phi) is 65.7. The molecule has 1 unspecified atom stereocenters. The first kappa shape index (κ1) is 77.3. The number of hydrogen-bond donors (Lipinski definition) is 0. The van der Waals surface area contributed by atoms with E-state index < -0.39 is 6.10 Å². The van der Waals surface area contributed by atoms with E-state index in [0.717, 1.165) is 122 Å². The maximum atomic E-state index is 12.9. The zero-order valence-electron chi connectivity index (χ0n) is 53.5. The van der Waals surface area contributed by atoms with E-state index in [4.69, 9.17) is 14.2 Å². The lowest BCUT2D eigenvalue weighted by Crippen LogP contribution is -2.30. The second kappa shape index (κ2) is 68.8. The third-order valence-corrected chi connectivity index (χ3v) is 15.1. The van der Waals surface area contributed by atoms with Crippen LogP contribution in [0.15, 0.2) is 97.2 Å². The van der Waals surface area contributed by atoms with Gasteiger partial charge in [-0.25, -0.2) is 0 Å². The van der Waals surface area contributed by atoms with Gasteiger partial charge < -0.3 is 14.2 Å². The van der Waals surface area contributed by atoms with E-state index in [1.165, 1.54) is 180 Å². The Labute approximate surface area is 502 Å². The van der Waals surface area contributed by atoms with Gasteiger partial charge in [0.15, 0.2) is 6.10 Å². The van der Waals surface area contributed by atoms with Gasteiger partial charge in [-0.05, 0) is 96.3 Å². The molecular formula is C75H130O6. The molecule has 0 aliphatic rings. The minimum absolute atomic E-state index is 0.0783. The summed E-state index contributed by atoms with van der Waals surface area (Å²) in [6, 6.07) is 0. The molecule has 0 amide bonds. The van der Waals surface area contributed by atoms with Gasteiger partial charge in [0.1, 0.15) is 13.2 Å². The number of rotatable bonds is 63. The van der Waals surface area contributed by atoms with Crippen molar-refractivity contribution < 1.29 is 28.6 Å². The molecule has 466 valence electrons. The summed E-state index contributed by atoms with van der Waals surface area (Å²) in [5, 5.41) is 0. The van der Waals surface area contributed by atoms with E-state index in [-0.39, 0.29) is 31.1 Å². The fraction of sp³-hybridized carbons (Fsp3) is 0.747. The van der Waals surface area contributed by atoms with Crippen LogP contribution in [0.3, 0.4) is 0 Å². The van der Waals surface area contributed by atoms with Crippen LogP contribution in [0.2, 0.25) is 0 Å². The molecule has 0 N–H and O–H groups in total. The van der Waals surface area contributed by atoms with Crippen LogP contribution in [0, 0.1) is 0 Å². The SMILES string of the molecule is CC/C=C\C/C=C\C/C=C\C/C=C\CCCCCCCCCCCCCCCCCCCCCCCCC(=O)OCC(COC(=O)CCCCCCCCCCC)OC(=O)CCCCCCCC/C=C\C/C=C\C/C=C\C/C=C\CC. The van der Waals surface area contributed by atoms with Crippen molar-refractivity contribution >= 4 is 17.9 Å². The average Bonchev–Trinajstić information content (AvgIpc) is 3.47. The number of allylic oxidation sites excluding steroid dienone is 16. The Morgan fingerprint density at radius 1 is 0.259 bits per heavy atom. The standard InChI is InChI=1S/C75H130O6/c1-4-7-10-13-16-19-21-23-25-27-29-30-31-32-33-34-35-36-37-38-39-40-41-42-43-44-46-47-49-51-53-56-59-62-65-68-74(77)80-71-72(70-79-73(76)67-64-61-58-55-18-15-12-9-6-3)81-75(78)69-66-63-60-57-54-52-50-48-45-28-26-24-22-20-17-14-11-8-5-2/h7-8,10-11,16-17,19-20,23-26,29-30,45,48,72H,4-6,9,12-15,18,21-22,27-28,31-44,46-47,49-71H2,1-3H3/b10-7-,11-8-,19-16-,20-17-,25-23-,26-24-,30-29-,48-45-. The van der Waals surface area contributed by atoms with Crippen LogP contribution in [0.25, 0.3) is 0 Å². The summed E-state index contributed by atoms with van der Waals surface area (Å²) in [4.78, 5) is 38.2. The Hall–Kier alpha value is -3.67. The lowest BCUT2D eigenvalue weighted by atomic mass is 10.0. The maximum Gasteiger partial charge on any atom is 0.306 e. The largest absolute Gasteiger partial charge is 0.462 e. The summed E-state index contributed by atoms with van der Waals surface area (Å²) in [5.74, 6) is -0.880. The Balaban J connectivity index is 4.05. The summed E-state index contributed by atoms with van der Waals surface area (Å²) >= 11 is 0. The molecule has 0 spiro atoms. The molecule has 0 fully saturated rings. The molecule has 0 aliphatic heterocycles. The number of carbonyl (C=O) groups excluding carboxylic acids is 3. The van der Waals surface area contributed by atoms with E-state index in [1.807, 2.05) is 0 Å². The third-order valence-electron chi connectivity index (χ3n) is 15.1. The third kappa shape index (κ3) is 67.0. The van der Waals surface area contributed by atoms with Gasteiger partial charge in [-0.15, -0.1) is 0 Å². The number of esters is 3. The lowest BCUT2D eigenvalue weighted by molar-refractivity contribution is -0.167. The van der Waals surface area contributed by atoms with Crippen LogP contribution in [-0.2, 0) is 28.6 Å². The van der Waals surface area contributed by atoms with Crippen LogP contribution in [0.4, 0.5) is 0 Å². The second-order valence-electron chi connectivity index (χ2n) is 23.0. The fourth-order valence-corrected chi connectivity index (χ4v) is 9.96. The highest BCUT2D eigenvalue weighted by molar-refractivity contribution is 5.71. The highest BCUT2D eigenvalue weighted by Crippen LogP contribution is 2.18. The number of carbonyl (C=O) groups is 3. The molecule has 0 radical (unpaired) electrons. The van der Waals surface area contributed by atoms with Crippen molar-refractivity contribution in [1.82, 2.24) is 0 Å². The molecule has 0 heterocycles. The molecule has 1 atom stereocenters. The highest BCUT2D eigenvalue weighted by atomic mass is 16.6. The normalized spacial score (nSPS) is 12.7. The number of ether oxygens (including phenoxy) is 3. The van der Waals surface area contributed by atoms with Gasteiger partial charge in [0.25, 0.3) is 0 Å². The first-order valence-electron chi connectivity index (χ1n) is 34.7. The number of unbranched alkanes of at least 4 members (excludes halogenated alkanes) is 36. The molecule has 0 aliphatic carbocycles. The minimum atomic E-state index is -0.782. The van der Waals surface area contributed by atoms with Gasteiger partial charge in [-0.2, -0.15) is 0 Å². The molecule has 0 aromatic heterocycles. The second-order valence-corrected chi connectivity index (χ2v) is 23.0. The Bertz CT molecular complexity index is 1580. The van der Waals surface area contributed by atoms with E-state index in [1.54, 1.807) is 0 Å². The summed E-state index contributed by atoms with van der Waals surface area (Å²) in [6.45, 7) is 6.42. The van der Waals surface area contributed by atoms with Crippen LogP contribution >= 0.6 is 0 Å². The molecule has 6 nitrogen and oxygen atoms in total. The molecule has 0 bridgehead atoms. The fourth-order valence-electron chi connectivity index (χ4n) is 9.96. The molecular weight excluding hydrogens is 997 g/mol. The predicted octanol–water partition coefficient (Wildman–Crippen LogP) is 24.0. The lowest BCUT2D eigenvalue weighted by Gasteiger charge is -2.18. The van der Waals surface area contributed by atoms with Gasteiger partial charge >= 0.3 is 17.9 Å². The van der Waals surface area contributed by atoms with Gasteiger partial charge in [-0.3, -0.25) is 14.4 Å². The highest BCUT2D eigenvalue weighted by Gasteiger charge is 2.19. The molecule has 6 heteroatoms. The van der Waals surface area contributed by atoms with Crippen molar-refractivity contribution in [3.63, 3.8) is 0 Å². The van der Waals surface area contributed by atoms with E-state index in [2.05, 4.69) is 118 Å². The predicted molar refractivity (Wildman–Crippen MR) is 353 cm³/mol. The monoisotopic (exact) mass is 1130 g/mol. The maximum absolute atomic E-state index is 12.9. The quantitative estimate of drug-likeness (QED) is 0.0261.